The lowest BCUT2D eigenvalue weighted by molar-refractivity contribution is -0.120. The van der Waals surface area contributed by atoms with Gasteiger partial charge in [0.05, 0.1) is 22.3 Å². The summed E-state index contributed by atoms with van der Waals surface area (Å²) in [5.41, 5.74) is 6.51. The Morgan fingerprint density at radius 1 is 1.29 bits per heavy atom. The molecule has 4 rings (SSSR count). The van der Waals surface area contributed by atoms with Crippen molar-refractivity contribution >= 4 is 55.0 Å². The molecule has 0 unspecified atom stereocenters. The molecule has 3 N–H and O–H groups in total. The summed E-state index contributed by atoms with van der Waals surface area (Å²) in [6, 6.07) is 4.60. The van der Waals surface area contributed by atoms with Crippen molar-refractivity contribution in [3.05, 3.63) is 35.1 Å². The van der Waals surface area contributed by atoms with Gasteiger partial charge >= 0.3 is 0 Å². The van der Waals surface area contributed by atoms with Gasteiger partial charge in [-0.05, 0) is 31.0 Å². The number of amides is 2. The number of nitrogens with one attached hydrogen (secondary N) is 1. The summed E-state index contributed by atoms with van der Waals surface area (Å²) in [5, 5.41) is 5.89. The zero-order chi connectivity index (χ0) is 19.7. The highest BCUT2D eigenvalue weighted by Gasteiger charge is 2.27. The summed E-state index contributed by atoms with van der Waals surface area (Å²) < 4.78 is 14.2. The molecule has 3 aromatic rings. The van der Waals surface area contributed by atoms with Gasteiger partial charge in [0.1, 0.15) is 5.82 Å². The number of carbonyl (C=O) groups excluding carboxylic acids is 2. The van der Waals surface area contributed by atoms with Gasteiger partial charge in [-0.2, -0.15) is 0 Å². The van der Waals surface area contributed by atoms with E-state index in [0.717, 1.165) is 15.3 Å². The molecule has 2 amide bonds. The van der Waals surface area contributed by atoms with Crippen LogP contribution in [0.1, 0.15) is 18.5 Å². The van der Waals surface area contributed by atoms with Gasteiger partial charge in [0.25, 0.3) is 0 Å². The van der Waals surface area contributed by atoms with Gasteiger partial charge < -0.3 is 16.0 Å². The second-order valence-electron chi connectivity index (χ2n) is 6.65. The van der Waals surface area contributed by atoms with Crippen LogP contribution in [0.2, 0.25) is 0 Å². The van der Waals surface area contributed by atoms with Crippen LogP contribution in [0, 0.1) is 11.7 Å². The minimum absolute atomic E-state index is 0.0639. The van der Waals surface area contributed by atoms with E-state index in [1.807, 2.05) is 0 Å². The molecule has 1 aliphatic heterocycles. The standard InChI is InChI=1S/C18H18FN5O2S2/c19-11-1-2-13-14(7-11)28-18(22-13)24-5-3-10(4-6-24)16(26)23-17-21-12(9-27-17)8-15(20)25/h1-2,7,9-10H,3-6,8H2,(H2,20,25)(H,21,23,26). The largest absolute Gasteiger partial charge is 0.369 e. The molecule has 28 heavy (non-hydrogen) atoms. The van der Waals surface area contributed by atoms with Crippen LogP contribution in [-0.2, 0) is 16.0 Å². The van der Waals surface area contributed by atoms with E-state index in [4.69, 9.17) is 5.73 Å². The Morgan fingerprint density at radius 2 is 2.07 bits per heavy atom. The minimum atomic E-state index is -0.451. The number of piperidine rings is 1. The minimum Gasteiger partial charge on any atom is -0.369 e. The molecule has 0 saturated carbocycles. The van der Waals surface area contributed by atoms with Gasteiger partial charge in [-0.25, -0.2) is 14.4 Å². The Hall–Kier alpha value is -2.59. The first-order chi connectivity index (χ1) is 13.5. The molecule has 0 bridgehead atoms. The van der Waals surface area contributed by atoms with E-state index in [1.165, 1.54) is 34.8 Å². The third kappa shape index (κ3) is 4.12. The molecule has 2 aromatic heterocycles. The zero-order valence-corrected chi connectivity index (χ0v) is 16.5. The first kappa shape index (κ1) is 18.8. The SMILES string of the molecule is NC(=O)Cc1csc(NC(=O)C2CCN(c3nc4ccc(F)cc4s3)CC2)n1. The first-order valence-electron chi connectivity index (χ1n) is 8.82. The molecule has 3 heterocycles. The van der Waals surface area contributed by atoms with Crippen molar-refractivity contribution in [2.75, 3.05) is 23.3 Å². The van der Waals surface area contributed by atoms with E-state index >= 15 is 0 Å². The van der Waals surface area contributed by atoms with Crippen LogP contribution in [0.5, 0.6) is 0 Å². The zero-order valence-electron chi connectivity index (χ0n) is 14.9. The molecule has 10 heteroatoms. The highest BCUT2D eigenvalue weighted by molar-refractivity contribution is 7.22. The fraction of sp³-hybridized carbons (Fsp3) is 0.333. The summed E-state index contributed by atoms with van der Waals surface area (Å²) >= 11 is 2.75. The number of hydrogen-bond donors (Lipinski definition) is 2. The van der Waals surface area contributed by atoms with Gasteiger partial charge in [-0.3, -0.25) is 9.59 Å². The van der Waals surface area contributed by atoms with Crippen LogP contribution in [-0.4, -0.2) is 34.9 Å². The number of halogens is 1. The van der Waals surface area contributed by atoms with E-state index in [1.54, 1.807) is 11.4 Å². The number of rotatable bonds is 5. The van der Waals surface area contributed by atoms with Crippen molar-refractivity contribution in [2.45, 2.75) is 19.3 Å². The predicted molar refractivity (Wildman–Crippen MR) is 108 cm³/mol. The van der Waals surface area contributed by atoms with E-state index in [2.05, 4.69) is 20.2 Å². The average molecular weight is 420 g/mol. The molecule has 1 aliphatic rings. The number of anilines is 2. The Balaban J connectivity index is 1.34. The Bertz CT molecular complexity index is 1030. The number of nitrogens with two attached hydrogens (primary N) is 1. The van der Waals surface area contributed by atoms with Crippen LogP contribution in [0.25, 0.3) is 10.2 Å². The molecular formula is C18H18FN5O2S2. The third-order valence-corrected chi connectivity index (χ3v) is 6.50. The first-order valence-corrected chi connectivity index (χ1v) is 10.5. The second-order valence-corrected chi connectivity index (χ2v) is 8.51. The second kappa shape index (κ2) is 7.80. The molecule has 0 radical (unpaired) electrons. The fourth-order valence-electron chi connectivity index (χ4n) is 3.19. The molecule has 0 spiro atoms. The lowest BCUT2D eigenvalue weighted by atomic mass is 9.96. The van der Waals surface area contributed by atoms with E-state index in [-0.39, 0.29) is 24.1 Å². The normalized spacial score (nSPS) is 15.1. The molecule has 146 valence electrons. The number of carbonyl (C=O) groups is 2. The van der Waals surface area contributed by atoms with Gasteiger partial charge in [-0.15, -0.1) is 11.3 Å². The van der Waals surface area contributed by atoms with Crippen LogP contribution >= 0.6 is 22.7 Å². The highest BCUT2D eigenvalue weighted by atomic mass is 32.1. The Morgan fingerprint density at radius 3 is 2.82 bits per heavy atom. The predicted octanol–water partition coefficient (Wildman–Crippen LogP) is 2.77. The Kier molecular flexibility index (Phi) is 5.23. The fourth-order valence-corrected chi connectivity index (χ4v) is 4.94. The maximum absolute atomic E-state index is 13.4. The van der Waals surface area contributed by atoms with Crippen LogP contribution < -0.4 is 16.0 Å². The van der Waals surface area contributed by atoms with Gasteiger partial charge in [0.15, 0.2) is 10.3 Å². The monoisotopic (exact) mass is 419 g/mol. The number of hydrogen-bond acceptors (Lipinski definition) is 7. The summed E-state index contributed by atoms with van der Waals surface area (Å²) in [6.07, 6.45) is 1.47. The van der Waals surface area contributed by atoms with Gasteiger partial charge in [-0.1, -0.05) is 11.3 Å². The van der Waals surface area contributed by atoms with Crippen LogP contribution in [0.4, 0.5) is 14.7 Å². The Labute approximate surface area is 168 Å². The van der Waals surface area contributed by atoms with E-state index < -0.39 is 5.91 Å². The summed E-state index contributed by atoms with van der Waals surface area (Å²) in [6.45, 7) is 1.43. The van der Waals surface area contributed by atoms with Crippen molar-refractivity contribution in [3.8, 4) is 0 Å². The topological polar surface area (TPSA) is 101 Å². The van der Waals surface area contributed by atoms with Crippen molar-refractivity contribution in [1.82, 2.24) is 9.97 Å². The number of aromatic nitrogens is 2. The molecule has 1 fully saturated rings. The number of benzene rings is 1. The number of nitrogens with zero attached hydrogens (tertiary/aromatic N) is 3. The van der Waals surface area contributed by atoms with Crippen molar-refractivity contribution in [3.63, 3.8) is 0 Å². The van der Waals surface area contributed by atoms with Crippen LogP contribution in [0.3, 0.4) is 0 Å². The molecule has 1 saturated heterocycles. The van der Waals surface area contributed by atoms with E-state index in [0.29, 0.717) is 36.8 Å². The average Bonchev–Trinajstić information content (AvgIpc) is 3.27. The van der Waals surface area contributed by atoms with Crippen LogP contribution in [0.15, 0.2) is 23.6 Å². The van der Waals surface area contributed by atoms with Crippen molar-refractivity contribution in [2.24, 2.45) is 11.7 Å². The van der Waals surface area contributed by atoms with Crippen molar-refractivity contribution < 1.29 is 14.0 Å². The molecular weight excluding hydrogens is 401 g/mol. The van der Waals surface area contributed by atoms with E-state index in [9.17, 15) is 14.0 Å². The number of thiazole rings is 2. The summed E-state index contributed by atoms with van der Waals surface area (Å²) in [5.74, 6) is -0.884. The lowest BCUT2D eigenvalue weighted by Crippen LogP contribution is -2.38. The smallest absolute Gasteiger partial charge is 0.229 e. The highest BCUT2D eigenvalue weighted by Crippen LogP contribution is 2.32. The number of fused-ring (bicyclic) bond motifs is 1. The summed E-state index contributed by atoms with van der Waals surface area (Å²) in [7, 11) is 0. The molecule has 0 atom stereocenters. The maximum atomic E-state index is 13.4. The van der Waals surface area contributed by atoms with Gasteiger partial charge in [0, 0.05) is 24.4 Å². The third-order valence-electron chi connectivity index (χ3n) is 4.61. The maximum Gasteiger partial charge on any atom is 0.229 e. The summed E-state index contributed by atoms with van der Waals surface area (Å²) in [4.78, 5) is 34.4. The lowest BCUT2D eigenvalue weighted by Gasteiger charge is -2.30. The molecule has 7 nitrogen and oxygen atoms in total. The number of primary amides is 1. The quantitative estimate of drug-likeness (QED) is 0.662. The van der Waals surface area contributed by atoms with Crippen molar-refractivity contribution in [1.29, 1.82) is 0 Å². The van der Waals surface area contributed by atoms with Gasteiger partial charge in [0.2, 0.25) is 11.8 Å². The molecule has 0 aliphatic carbocycles. The molecule has 1 aromatic carbocycles.